The molecule has 0 aliphatic carbocycles. The fourth-order valence-electron chi connectivity index (χ4n) is 1.53. The van der Waals surface area contributed by atoms with Crippen molar-refractivity contribution < 1.29 is 9.84 Å². The fourth-order valence-corrected chi connectivity index (χ4v) is 3.12. The molecule has 0 amide bonds. The van der Waals surface area contributed by atoms with Crippen molar-refractivity contribution >= 4 is 23.3 Å². The molecule has 1 aromatic carbocycles. The second kappa shape index (κ2) is 8.67. The van der Waals surface area contributed by atoms with Crippen LogP contribution in [0.2, 0.25) is 0 Å². The number of aliphatic hydroxyl groups is 1. The molecule has 0 atom stereocenters. The quantitative estimate of drug-likeness (QED) is 0.504. The van der Waals surface area contributed by atoms with Gasteiger partial charge in [0, 0.05) is 17.7 Å². The van der Waals surface area contributed by atoms with Gasteiger partial charge in [0.1, 0.15) is 18.2 Å². The van der Waals surface area contributed by atoms with E-state index in [1.54, 1.807) is 11.8 Å². The molecule has 0 spiro atoms. The molecule has 1 aromatic heterocycles. The zero-order valence-corrected chi connectivity index (χ0v) is 13.3. The van der Waals surface area contributed by atoms with Gasteiger partial charge in [0.15, 0.2) is 4.34 Å². The molecule has 0 unspecified atom stereocenters. The van der Waals surface area contributed by atoms with E-state index in [1.807, 2.05) is 31.2 Å². The number of aliphatic hydroxyl groups excluding tert-OH is 1. The lowest BCUT2D eigenvalue weighted by Crippen LogP contribution is -2.00. The van der Waals surface area contributed by atoms with Crippen LogP contribution in [0.1, 0.15) is 18.3 Å². The molecule has 2 aromatic rings. The third kappa shape index (κ3) is 5.38. The molecule has 0 radical (unpaired) electrons. The van der Waals surface area contributed by atoms with E-state index in [0.29, 0.717) is 6.61 Å². The van der Waals surface area contributed by atoms with Crippen LogP contribution in [0, 0.1) is 11.8 Å². The van der Waals surface area contributed by atoms with Crippen molar-refractivity contribution in [2.45, 2.75) is 17.7 Å². The summed E-state index contributed by atoms with van der Waals surface area (Å²) in [7, 11) is 0. The summed E-state index contributed by atoms with van der Waals surface area (Å²) in [6.45, 7) is 2.51. The summed E-state index contributed by atoms with van der Waals surface area (Å²) < 4.78 is 10.9. The van der Waals surface area contributed by atoms with E-state index < -0.39 is 0 Å². The summed E-state index contributed by atoms with van der Waals surface area (Å²) in [4.78, 5) is 4.39. The first-order chi connectivity index (χ1) is 10.3. The van der Waals surface area contributed by atoms with Crippen LogP contribution >= 0.6 is 23.3 Å². The fraction of sp³-hybridized carbons (Fsp3) is 0.333. The van der Waals surface area contributed by atoms with E-state index in [0.717, 1.165) is 33.7 Å². The van der Waals surface area contributed by atoms with Crippen LogP contribution < -0.4 is 4.74 Å². The summed E-state index contributed by atoms with van der Waals surface area (Å²) >= 11 is 3.09. The van der Waals surface area contributed by atoms with Crippen molar-refractivity contribution in [1.82, 2.24) is 9.36 Å². The Morgan fingerprint density at radius 1 is 1.43 bits per heavy atom. The first kappa shape index (κ1) is 15.8. The van der Waals surface area contributed by atoms with Crippen LogP contribution in [-0.2, 0) is 6.42 Å². The van der Waals surface area contributed by atoms with Gasteiger partial charge in [-0.2, -0.15) is 4.37 Å². The molecule has 2 rings (SSSR count). The third-order valence-electron chi connectivity index (χ3n) is 2.49. The molecule has 0 saturated carbocycles. The van der Waals surface area contributed by atoms with Gasteiger partial charge in [-0.05, 0) is 29.7 Å². The van der Waals surface area contributed by atoms with Crippen molar-refractivity contribution in [1.29, 1.82) is 0 Å². The molecule has 0 aliphatic heterocycles. The monoisotopic (exact) mass is 320 g/mol. The van der Waals surface area contributed by atoms with Crippen LogP contribution in [0.5, 0.6) is 5.75 Å². The summed E-state index contributed by atoms with van der Waals surface area (Å²) in [6, 6.07) is 7.54. The number of nitrogens with zero attached hydrogens (tertiary/aromatic N) is 2. The van der Waals surface area contributed by atoms with Crippen LogP contribution in [0.3, 0.4) is 0 Å². The predicted molar refractivity (Wildman–Crippen MR) is 85.9 cm³/mol. The Hall–Kier alpha value is -1.55. The van der Waals surface area contributed by atoms with Gasteiger partial charge in [0.2, 0.25) is 0 Å². The SMILES string of the molecule is CCc1nsc(SCCOc2cccc(C#CCO)c2)n1. The number of aryl methyl sites for hydroxylation is 1. The molecular formula is C15H16N2O2S2. The van der Waals surface area contributed by atoms with Crippen molar-refractivity contribution in [3.05, 3.63) is 35.7 Å². The zero-order chi connectivity index (χ0) is 14.9. The van der Waals surface area contributed by atoms with Gasteiger partial charge in [-0.15, -0.1) is 0 Å². The highest BCUT2D eigenvalue weighted by molar-refractivity contribution is 8.00. The molecule has 4 nitrogen and oxygen atoms in total. The number of hydrogen-bond donors (Lipinski definition) is 1. The van der Waals surface area contributed by atoms with Gasteiger partial charge >= 0.3 is 0 Å². The van der Waals surface area contributed by atoms with E-state index >= 15 is 0 Å². The van der Waals surface area contributed by atoms with Crippen molar-refractivity contribution in [2.24, 2.45) is 0 Å². The number of aromatic nitrogens is 2. The van der Waals surface area contributed by atoms with Crippen LogP contribution in [0.15, 0.2) is 28.6 Å². The lowest BCUT2D eigenvalue weighted by atomic mass is 10.2. The second-order valence-corrected chi connectivity index (χ2v) is 6.11. The Labute approximate surface area is 132 Å². The summed E-state index contributed by atoms with van der Waals surface area (Å²) in [5, 5.41) is 8.68. The Morgan fingerprint density at radius 3 is 3.10 bits per heavy atom. The average Bonchev–Trinajstić information content (AvgIpc) is 2.98. The molecule has 0 aliphatic rings. The van der Waals surface area contributed by atoms with E-state index in [-0.39, 0.29) is 6.61 Å². The van der Waals surface area contributed by atoms with Gasteiger partial charge < -0.3 is 9.84 Å². The predicted octanol–water partition coefficient (Wildman–Crippen LogP) is 2.62. The van der Waals surface area contributed by atoms with Crippen molar-refractivity contribution in [3.8, 4) is 17.6 Å². The van der Waals surface area contributed by atoms with E-state index in [2.05, 4.69) is 21.2 Å². The van der Waals surface area contributed by atoms with E-state index in [9.17, 15) is 0 Å². The number of rotatable bonds is 6. The summed E-state index contributed by atoms with van der Waals surface area (Å²) in [5.41, 5.74) is 0.839. The largest absolute Gasteiger partial charge is 0.493 e. The minimum atomic E-state index is -0.136. The van der Waals surface area contributed by atoms with Gasteiger partial charge in [0.05, 0.1) is 6.61 Å². The molecule has 1 heterocycles. The lowest BCUT2D eigenvalue weighted by Gasteiger charge is -2.05. The van der Waals surface area contributed by atoms with Gasteiger partial charge in [-0.3, -0.25) is 0 Å². The van der Waals surface area contributed by atoms with Crippen molar-refractivity contribution in [2.75, 3.05) is 19.0 Å². The van der Waals surface area contributed by atoms with Crippen LogP contribution in [-0.4, -0.2) is 33.4 Å². The third-order valence-corrected chi connectivity index (χ3v) is 4.32. The molecule has 21 heavy (non-hydrogen) atoms. The zero-order valence-electron chi connectivity index (χ0n) is 11.7. The molecular weight excluding hydrogens is 304 g/mol. The minimum Gasteiger partial charge on any atom is -0.493 e. The maximum absolute atomic E-state index is 8.68. The van der Waals surface area contributed by atoms with Gasteiger partial charge in [-0.25, -0.2) is 4.98 Å². The van der Waals surface area contributed by atoms with Gasteiger partial charge in [0.25, 0.3) is 0 Å². The van der Waals surface area contributed by atoms with Crippen molar-refractivity contribution in [3.63, 3.8) is 0 Å². The number of benzene rings is 1. The average molecular weight is 320 g/mol. The number of ether oxygens (including phenoxy) is 1. The Kier molecular flexibility index (Phi) is 6.54. The smallest absolute Gasteiger partial charge is 0.170 e. The van der Waals surface area contributed by atoms with Crippen LogP contribution in [0.4, 0.5) is 0 Å². The first-order valence-corrected chi connectivity index (χ1v) is 8.35. The molecule has 0 saturated heterocycles. The van der Waals surface area contributed by atoms with E-state index in [1.165, 1.54) is 11.5 Å². The van der Waals surface area contributed by atoms with Crippen LogP contribution in [0.25, 0.3) is 0 Å². The molecule has 0 bridgehead atoms. The number of hydrogen-bond acceptors (Lipinski definition) is 6. The number of thioether (sulfide) groups is 1. The Bertz CT molecular complexity index is 632. The normalized spacial score (nSPS) is 10.0. The minimum absolute atomic E-state index is 0.136. The molecule has 110 valence electrons. The lowest BCUT2D eigenvalue weighted by molar-refractivity contribution is 0.344. The molecule has 0 fully saturated rings. The highest BCUT2D eigenvalue weighted by Gasteiger charge is 2.03. The van der Waals surface area contributed by atoms with Gasteiger partial charge in [-0.1, -0.05) is 36.6 Å². The Morgan fingerprint density at radius 2 is 2.33 bits per heavy atom. The summed E-state index contributed by atoms with van der Waals surface area (Å²) in [5.74, 6) is 7.99. The highest BCUT2D eigenvalue weighted by atomic mass is 32.2. The van der Waals surface area contributed by atoms with E-state index in [4.69, 9.17) is 9.84 Å². The Balaban J connectivity index is 1.78. The highest BCUT2D eigenvalue weighted by Crippen LogP contribution is 2.20. The molecule has 1 N–H and O–H groups in total. The standard InChI is InChI=1S/C15H16N2O2S2/c1-2-14-16-15(21-17-14)20-10-9-19-13-7-3-5-12(11-13)6-4-8-18/h3,5,7,11,18H,2,8-10H2,1H3. The first-order valence-electron chi connectivity index (χ1n) is 6.59. The molecule has 6 heteroatoms. The maximum atomic E-state index is 8.68. The summed E-state index contributed by atoms with van der Waals surface area (Å²) in [6.07, 6.45) is 0.870. The maximum Gasteiger partial charge on any atom is 0.170 e. The topological polar surface area (TPSA) is 55.2 Å². The second-order valence-electron chi connectivity index (χ2n) is 4.01.